The highest BCUT2D eigenvalue weighted by Crippen LogP contribution is 2.03. The second kappa shape index (κ2) is 5.17. The molecule has 0 aromatic heterocycles. The number of hydrogen-bond acceptors (Lipinski definition) is 2. The van der Waals surface area contributed by atoms with Crippen LogP contribution in [-0.4, -0.2) is 0 Å². The summed E-state index contributed by atoms with van der Waals surface area (Å²) in [5.74, 6) is 0. The Kier molecular flexibility index (Phi) is 4.61. The molecule has 0 aromatic carbocycles. The zero-order valence-corrected chi connectivity index (χ0v) is 5.72. The highest BCUT2D eigenvalue weighted by atomic mass is 14.5. The van der Waals surface area contributed by atoms with Gasteiger partial charge < -0.3 is 5.73 Å². The molecular formula is C7H12N2. The summed E-state index contributed by atoms with van der Waals surface area (Å²) in [7, 11) is 0. The monoisotopic (exact) mass is 124 g/mol. The molecule has 0 radical (unpaired) electrons. The molecule has 0 heterocycles. The number of hydrogen-bond donors (Lipinski definition) is 1. The van der Waals surface area contributed by atoms with Gasteiger partial charge in [-0.15, -0.1) is 0 Å². The Balaban J connectivity index is 3.49. The molecule has 0 unspecified atom stereocenters. The maximum atomic E-state index is 8.35. The molecule has 0 aromatic rings. The van der Waals surface area contributed by atoms with Crippen molar-refractivity contribution < 1.29 is 0 Å². The van der Waals surface area contributed by atoms with E-state index < -0.39 is 0 Å². The molecule has 2 heteroatoms. The third-order valence-electron chi connectivity index (χ3n) is 1.14. The van der Waals surface area contributed by atoms with Crippen LogP contribution in [0.3, 0.4) is 0 Å². The van der Waals surface area contributed by atoms with Gasteiger partial charge in [-0.05, 0) is 12.8 Å². The quantitative estimate of drug-likeness (QED) is 0.580. The fourth-order valence-corrected chi connectivity index (χ4v) is 0.544. The number of unbranched alkanes of at least 4 members (excludes halogenated alkanes) is 1. The standard InChI is InChI=1S/C7H12N2/c1-2-3-4-7(5-8)6-9/h5H,2-4,8H2,1H3/b7-5-. The van der Waals surface area contributed by atoms with Gasteiger partial charge in [0.1, 0.15) is 0 Å². The molecule has 50 valence electrons. The first-order valence-corrected chi connectivity index (χ1v) is 3.16. The van der Waals surface area contributed by atoms with Crippen molar-refractivity contribution in [2.24, 2.45) is 5.73 Å². The fraction of sp³-hybridized carbons (Fsp3) is 0.571. The second-order valence-corrected chi connectivity index (χ2v) is 1.91. The summed E-state index contributed by atoms with van der Waals surface area (Å²) >= 11 is 0. The minimum absolute atomic E-state index is 0.692. The first-order chi connectivity index (χ1) is 4.35. The Hall–Kier alpha value is -0.970. The highest BCUT2D eigenvalue weighted by molar-refractivity contribution is 5.18. The zero-order chi connectivity index (χ0) is 7.11. The molecule has 9 heavy (non-hydrogen) atoms. The van der Waals surface area contributed by atoms with Gasteiger partial charge in [0.2, 0.25) is 0 Å². The first-order valence-electron chi connectivity index (χ1n) is 3.16. The van der Waals surface area contributed by atoms with Crippen LogP contribution in [0.1, 0.15) is 26.2 Å². The third-order valence-corrected chi connectivity index (χ3v) is 1.14. The molecular weight excluding hydrogens is 112 g/mol. The molecule has 2 nitrogen and oxygen atoms in total. The lowest BCUT2D eigenvalue weighted by Crippen LogP contribution is -1.85. The van der Waals surface area contributed by atoms with Crippen molar-refractivity contribution in [1.82, 2.24) is 0 Å². The Morgan fingerprint density at radius 1 is 1.78 bits per heavy atom. The van der Waals surface area contributed by atoms with E-state index in [1.807, 2.05) is 6.07 Å². The average Bonchev–Trinajstić information content (AvgIpc) is 1.91. The summed E-state index contributed by atoms with van der Waals surface area (Å²) in [6.45, 7) is 2.09. The lowest BCUT2D eigenvalue weighted by Gasteiger charge is -1.91. The number of rotatable bonds is 3. The van der Waals surface area contributed by atoms with E-state index in [-0.39, 0.29) is 0 Å². The molecule has 0 bridgehead atoms. The van der Waals surface area contributed by atoms with Crippen molar-refractivity contribution in [1.29, 1.82) is 5.26 Å². The molecule has 2 N–H and O–H groups in total. The number of nitrogens with two attached hydrogens (primary N) is 1. The topological polar surface area (TPSA) is 49.8 Å². The molecule has 0 fully saturated rings. The summed E-state index contributed by atoms with van der Waals surface area (Å²) in [6, 6.07) is 2.02. The van der Waals surface area contributed by atoms with Crippen LogP contribution < -0.4 is 5.73 Å². The summed E-state index contributed by atoms with van der Waals surface area (Å²) in [5, 5.41) is 8.35. The van der Waals surface area contributed by atoms with Gasteiger partial charge in [-0.3, -0.25) is 0 Å². The summed E-state index contributed by atoms with van der Waals surface area (Å²) in [6.07, 6.45) is 4.37. The van der Waals surface area contributed by atoms with Gasteiger partial charge in [0.05, 0.1) is 6.07 Å². The minimum atomic E-state index is 0.692. The van der Waals surface area contributed by atoms with E-state index in [2.05, 4.69) is 6.92 Å². The van der Waals surface area contributed by atoms with Crippen LogP contribution in [0.15, 0.2) is 11.8 Å². The number of allylic oxidation sites excluding steroid dienone is 1. The van der Waals surface area contributed by atoms with Gasteiger partial charge in [-0.25, -0.2) is 0 Å². The molecule has 0 aliphatic rings. The largest absolute Gasteiger partial charge is 0.404 e. The molecule has 0 aliphatic carbocycles. The third kappa shape index (κ3) is 3.60. The van der Waals surface area contributed by atoms with Crippen LogP contribution in [0.2, 0.25) is 0 Å². The van der Waals surface area contributed by atoms with Crippen LogP contribution in [0.4, 0.5) is 0 Å². The van der Waals surface area contributed by atoms with Gasteiger partial charge in [0.15, 0.2) is 0 Å². The summed E-state index contributed by atoms with van der Waals surface area (Å²) in [4.78, 5) is 0. The molecule has 0 saturated carbocycles. The average molecular weight is 124 g/mol. The van der Waals surface area contributed by atoms with E-state index in [9.17, 15) is 0 Å². The molecule has 0 aliphatic heterocycles. The summed E-state index contributed by atoms with van der Waals surface area (Å²) in [5.41, 5.74) is 5.83. The van der Waals surface area contributed by atoms with Crippen LogP contribution in [0.25, 0.3) is 0 Å². The molecule has 0 amide bonds. The van der Waals surface area contributed by atoms with Gasteiger partial charge in [0.25, 0.3) is 0 Å². The first kappa shape index (κ1) is 8.03. The van der Waals surface area contributed by atoms with Crippen LogP contribution >= 0.6 is 0 Å². The predicted octanol–water partition coefficient (Wildman–Crippen LogP) is 1.54. The van der Waals surface area contributed by atoms with E-state index in [0.29, 0.717) is 5.57 Å². The maximum Gasteiger partial charge on any atom is 0.0962 e. The van der Waals surface area contributed by atoms with E-state index in [1.165, 1.54) is 6.20 Å². The lowest BCUT2D eigenvalue weighted by molar-refractivity contribution is 0.798. The highest BCUT2D eigenvalue weighted by Gasteiger charge is 1.90. The molecule has 0 rings (SSSR count). The molecule has 0 saturated heterocycles. The normalized spacial score (nSPS) is 10.9. The molecule has 0 spiro atoms. The van der Waals surface area contributed by atoms with Gasteiger partial charge in [0, 0.05) is 11.8 Å². The van der Waals surface area contributed by atoms with E-state index in [4.69, 9.17) is 11.0 Å². The van der Waals surface area contributed by atoms with E-state index >= 15 is 0 Å². The van der Waals surface area contributed by atoms with Crippen molar-refractivity contribution >= 4 is 0 Å². The second-order valence-electron chi connectivity index (χ2n) is 1.91. The number of nitrogens with zero attached hydrogens (tertiary/aromatic N) is 1. The van der Waals surface area contributed by atoms with E-state index in [1.54, 1.807) is 0 Å². The van der Waals surface area contributed by atoms with Gasteiger partial charge >= 0.3 is 0 Å². The van der Waals surface area contributed by atoms with E-state index in [0.717, 1.165) is 19.3 Å². The maximum absolute atomic E-state index is 8.35. The minimum Gasteiger partial charge on any atom is -0.404 e. The Morgan fingerprint density at radius 2 is 2.44 bits per heavy atom. The summed E-state index contributed by atoms with van der Waals surface area (Å²) < 4.78 is 0. The van der Waals surface area contributed by atoms with Crippen molar-refractivity contribution in [3.05, 3.63) is 11.8 Å². The van der Waals surface area contributed by atoms with Crippen molar-refractivity contribution in [3.8, 4) is 6.07 Å². The van der Waals surface area contributed by atoms with Crippen LogP contribution in [-0.2, 0) is 0 Å². The Labute approximate surface area is 56.0 Å². The SMILES string of the molecule is CCCC/C(C#N)=C/N. The van der Waals surface area contributed by atoms with Crippen molar-refractivity contribution in [3.63, 3.8) is 0 Å². The fourth-order valence-electron chi connectivity index (χ4n) is 0.544. The Morgan fingerprint density at radius 3 is 2.78 bits per heavy atom. The Bertz CT molecular complexity index is 130. The molecule has 0 atom stereocenters. The lowest BCUT2D eigenvalue weighted by atomic mass is 10.1. The van der Waals surface area contributed by atoms with Gasteiger partial charge in [-0.1, -0.05) is 13.3 Å². The number of nitriles is 1. The van der Waals surface area contributed by atoms with Crippen molar-refractivity contribution in [2.75, 3.05) is 0 Å². The predicted molar refractivity (Wildman–Crippen MR) is 37.4 cm³/mol. The van der Waals surface area contributed by atoms with Crippen LogP contribution in [0, 0.1) is 11.3 Å². The van der Waals surface area contributed by atoms with Crippen molar-refractivity contribution in [2.45, 2.75) is 26.2 Å². The van der Waals surface area contributed by atoms with Crippen LogP contribution in [0.5, 0.6) is 0 Å². The smallest absolute Gasteiger partial charge is 0.0962 e. The van der Waals surface area contributed by atoms with Gasteiger partial charge in [-0.2, -0.15) is 5.26 Å². The zero-order valence-electron chi connectivity index (χ0n) is 5.72.